The van der Waals surface area contributed by atoms with Crippen molar-refractivity contribution in [2.24, 2.45) is 11.7 Å². The number of carbonyl (C=O) groups is 1. The van der Waals surface area contributed by atoms with Gasteiger partial charge in [0.2, 0.25) is 5.91 Å². The summed E-state index contributed by atoms with van der Waals surface area (Å²) in [5.74, 6) is 1.05. The van der Waals surface area contributed by atoms with E-state index in [2.05, 4.69) is 4.90 Å². The number of benzene rings is 1. The van der Waals surface area contributed by atoms with Crippen LogP contribution in [0.3, 0.4) is 0 Å². The Hall–Kier alpha value is -1.75. The minimum atomic E-state index is -0.279. The summed E-state index contributed by atoms with van der Waals surface area (Å²) in [5, 5.41) is 9.60. The molecule has 5 heteroatoms. The predicted octanol–water partition coefficient (Wildman–Crippen LogP) is 1.53. The number of phenolic OH excluding ortho intramolecular Hbond substituents is 1. The zero-order valence-electron chi connectivity index (χ0n) is 12.7. The number of hydrogen-bond acceptors (Lipinski definition) is 4. The zero-order valence-corrected chi connectivity index (χ0v) is 12.7. The second-order valence-electron chi connectivity index (χ2n) is 5.77. The van der Waals surface area contributed by atoms with Gasteiger partial charge in [-0.25, -0.2) is 0 Å². The largest absolute Gasteiger partial charge is 0.504 e. The smallest absolute Gasteiger partial charge is 0.234 e. The molecule has 1 aliphatic carbocycles. The Labute approximate surface area is 125 Å². The van der Waals surface area contributed by atoms with E-state index in [-0.39, 0.29) is 17.7 Å². The quantitative estimate of drug-likeness (QED) is 0.762. The summed E-state index contributed by atoms with van der Waals surface area (Å²) in [7, 11) is 1.54. The van der Waals surface area contributed by atoms with Gasteiger partial charge in [-0.2, -0.15) is 0 Å². The summed E-state index contributed by atoms with van der Waals surface area (Å²) >= 11 is 0. The van der Waals surface area contributed by atoms with Gasteiger partial charge in [0.25, 0.3) is 0 Å². The number of nitrogens with two attached hydrogens (primary N) is 1. The molecule has 1 atom stereocenters. The van der Waals surface area contributed by atoms with Crippen LogP contribution in [-0.4, -0.2) is 42.2 Å². The van der Waals surface area contributed by atoms with Crippen LogP contribution in [-0.2, 0) is 11.2 Å². The van der Waals surface area contributed by atoms with Crippen molar-refractivity contribution in [2.45, 2.75) is 32.2 Å². The molecular formula is C16H24N2O3. The van der Waals surface area contributed by atoms with Crippen LogP contribution in [0, 0.1) is 5.92 Å². The number of ether oxygens (including phenoxy) is 1. The number of hydrogen-bond donors (Lipinski definition) is 2. The Morgan fingerprint density at radius 2 is 2.24 bits per heavy atom. The van der Waals surface area contributed by atoms with Crippen LogP contribution < -0.4 is 10.5 Å². The normalized spacial score (nSPS) is 16.0. The molecule has 2 rings (SSSR count). The molecule has 21 heavy (non-hydrogen) atoms. The molecule has 5 nitrogen and oxygen atoms in total. The molecule has 1 fully saturated rings. The highest BCUT2D eigenvalue weighted by atomic mass is 16.5. The highest BCUT2D eigenvalue weighted by Gasteiger charge is 2.28. The molecule has 0 aromatic heterocycles. The van der Waals surface area contributed by atoms with Crippen LogP contribution in [0.15, 0.2) is 18.2 Å². The Morgan fingerprint density at radius 1 is 1.52 bits per heavy atom. The summed E-state index contributed by atoms with van der Waals surface area (Å²) in [5.41, 5.74) is 6.51. The molecule has 0 aliphatic heterocycles. The first-order valence-electron chi connectivity index (χ1n) is 7.40. The summed E-state index contributed by atoms with van der Waals surface area (Å²) in [4.78, 5) is 13.6. The first-order valence-corrected chi connectivity index (χ1v) is 7.40. The van der Waals surface area contributed by atoms with Gasteiger partial charge in [0.1, 0.15) is 0 Å². The fraction of sp³-hybridized carbons (Fsp3) is 0.562. The Morgan fingerprint density at radius 3 is 2.81 bits per heavy atom. The van der Waals surface area contributed by atoms with Gasteiger partial charge in [-0.3, -0.25) is 9.69 Å². The van der Waals surface area contributed by atoms with Crippen molar-refractivity contribution < 1.29 is 14.6 Å². The Kier molecular flexibility index (Phi) is 5.07. The number of primary amides is 1. The van der Waals surface area contributed by atoms with E-state index in [1.807, 2.05) is 19.1 Å². The topological polar surface area (TPSA) is 75.8 Å². The zero-order chi connectivity index (χ0) is 15.4. The molecule has 1 amide bonds. The van der Waals surface area contributed by atoms with Crippen molar-refractivity contribution in [3.8, 4) is 11.5 Å². The molecule has 1 unspecified atom stereocenters. The summed E-state index contributed by atoms with van der Waals surface area (Å²) in [6, 6.07) is 5.10. The first-order chi connectivity index (χ1) is 10.0. The van der Waals surface area contributed by atoms with Gasteiger partial charge in [0, 0.05) is 13.1 Å². The van der Waals surface area contributed by atoms with Gasteiger partial charge in [0.05, 0.1) is 13.2 Å². The minimum absolute atomic E-state index is 0.140. The van der Waals surface area contributed by atoms with Crippen molar-refractivity contribution in [1.82, 2.24) is 4.90 Å². The number of carbonyl (C=O) groups excluding carboxylic acids is 1. The van der Waals surface area contributed by atoms with E-state index in [1.165, 1.54) is 20.0 Å². The van der Waals surface area contributed by atoms with Crippen LogP contribution in [0.4, 0.5) is 0 Å². The van der Waals surface area contributed by atoms with E-state index < -0.39 is 0 Å². The van der Waals surface area contributed by atoms with Gasteiger partial charge in [0.15, 0.2) is 11.5 Å². The molecule has 1 aromatic carbocycles. The minimum Gasteiger partial charge on any atom is -0.504 e. The molecule has 1 aliphatic rings. The van der Waals surface area contributed by atoms with Crippen LogP contribution in [0.2, 0.25) is 0 Å². The van der Waals surface area contributed by atoms with E-state index >= 15 is 0 Å². The molecule has 0 saturated heterocycles. The van der Waals surface area contributed by atoms with Crippen LogP contribution >= 0.6 is 0 Å². The van der Waals surface area contributed by atoms with Crippen LogP contribution in [0.1, 0.15) is 25.3 Å². The first kappa shape index (κ1) is 15.6. The van der Waals surface area contributed by atoms with E-state index in [9.17, 15) is 9.90 Å². The van der Waals surface area contributed by atoms with E-state index in [1.54, 1.807) is 6.07 Å². The van der Waals surface area contributed by atoms with Gasteiger partial charge in [-0.15, -0.1) is 0 Å². The van der Waals surface area contributed by atoms with Crippen LogP contribution in [0.25, 0.3) is 0 Å². The van der Waals surface area contributed by atoms with Crippen molar-refractivity contribution in [3.63, 3.8) is 0 Å². The third kappa shape index (κ3) is 4.36. The van der Waals surface area contributed by atoms with Crippen molar-refractivity contribution in [1.29, 1.82) is 0 Å². The predicted molar refractivity (Wildman–Crippen MR) is 81.3 cm³/mol. The number of amides is 1. The van der Waals surface area contributed by atoms with Gasteiger partial charge >= 0.3 is 0 Å². The molecule has 3 N–H and O–H groups in total. The summed E-state index contributed by atoms with van der Waals surface area (Å²) < 4.78 is 5.11. The molecule has 0 bridgehead atoms. The molecule has 0 radical (unpaired) electrons. The lowest BCUT2D eigenvalue weighted by Crippen LogP contribution is -2.44. The van der Waals surface area contributed by atoms with E-state index in [0.717, 1.165) is 25.1 Å². The maximum atomic E-state index is 11.4. The lowest BCUT2D eigenvalue weighted by molar-refractivity contribution is -0.122. The standard InChI is InChI=1S/C16H24N2O3/c1-11(16(17)20)18(10-13-3-4-13)8-7-12-5-6-14(19)15(9-12)21-2/h5-6,9,11,13,19H,3-4,7-8,10H2,1-2H3,(H2,17,20). The SMILES string of the molecule is COc1cc(CCN(CC2CC2)C(C)C(N)=O)ccc1O. The third-order valence-electron chi connectivity index (χ3n) is 4.08. The Bertz CT molecular complexity index is 500. The second-order valence-corrected chi connectivity index (χ2v) is 5.77. The van der Waals surface area contributed by atoms with Crippen molar-refractivity contribution in [3.05, 3.63) is 23.8 Å². The second kappa shape index (κ2) is 6.80. The molecular weight excluding hydrogens is 268 g/mol. The number of rotatable bonds is 8. The van der Waals surface area contributed by atoms with E-state index in [0.29, 0.717) is 11.7 Å². The molecule has 116 valence electrons. The highest BCUT2D eigenvalue weighted by molar-refractivity contribution is 5.79. The van der Waals surface area contributed by atoms with Crippen molar-refractivity contribution in [2.75, 3.05) is 20.2 Å². The van der Waals surface area contributed by atoms with Crippen LogP contribution in [0.5, 0.6) is 11.5 Å². The summed E-state index contributed by atoms with van der Waals surface area (Å²) in [6.45, 7) is 3.57. The third-order valence-corrected chi connectivity index (χ3v) is 4.08. The average Bonchev–Trinajstić information content (AvgIpc) is 3.28. The maximum absolute atomic E-state index is 11.4. The number of aromatic hydroxyl groups is 1. The molecule has 1 saturated carbocycles. The van der Waals surface area contributed by atoms with Gasteiger partial charge in [-0.05, 0) is 49.8 Å². The van der Waals surface area contributed by atoms with Crippen molar-refractivity contribution >= 4 is 5.91 Å². The lowest BCUT2D eigenvalue weighted by atomic mass is 10.1. The Balaban J connectivity index is 1.98. The fourth-order valence-corrected chi connectivity index (χ4v) is 2.41. The number of nitrogens with zero attached hydrogens (tertiary/aromatic N) is 1. The lowest BCUT2D eigenvalue weighted by Gasteiger charge is -2.27. The number of phenols is 1. The molecule has 0 spiro atoms. The number of methoxy groups -OCH3 is 1. The van der Waals surface area contributed by atoms with E-state index in [4.69, 9.17) is 10.5 Å². The van der Waals surface area contributed by atoms with Gasteiger partial charge < -0.3 is 15.6 Å². The molecule has 1 aromatic rings. The highest BCUT2D eigenvalue weighted by Crippen LogP contribution is 2.31. The monoisotopic (exact) mass is 292 g/mol. The average molecular weight is 292 g/mol. The summed E-state index contributed by atoms with van der Waals surface area (Å²) in [6.07, 6.45) is 3.28. The maximum Gasteiger partial charge on any atom is 0.234 e. The molecule has 0 heterocycles. The van der Waals surface area contributed by atoms with Gasteiger partial charge in [-0.1, -0.05) is 6.07 Å². The fourth-order valence-electron chi connectivity index (χ4n) is 2.41.